The van der Waals surface area contributed by atoms with Gasteiger partial charge in [0.25, 0.3) is 5.69 Å². The van der Waals surface area contributed by atoms with E-state index in [9.17, 15) is 18.5 Å². The summed E-state index contributed by atoms with van der Waals surface area (Å²) >= 11 is 0. The summed E-state index contributed by atoms with van der Waals surface area (Å²) in [5, 5.41) is 22.2. The van der Waals surface area contributed by atoms with Crippen LogP contribution in [-0.4, -0.2) is 36.4 Å². The average Bonchev–Trinajstić information content (AvgIpc) is 2.26. The highest BCUT2D eigenvalue weighted by atomic mass is 32.2. The molecule has 0 radical (unpaired) electrons. The Bertz CT molecular complexity index is 635. The molecule has 19 heavy (non-hydrogen) atoms. The largest absolute Gasteiger partial charge is 0.365 e. The Balaban J connectivity index is 2.96. The lowest BCUT2D eigenvalue weighted by atomic mass is 10.2. The van der Waals surface area contributed by atoms with Gasteiger partial charge in [0.1, 0.15) is 33.5 Å². The first-order valence-corrected chi connectivity index (χ1v) is 7.28. The van der Waals surface area contributed by atoms with Crippen molar-refractivity contribution in [3.8, 4) is 6.07 Å². The molecule has 0 fully saturated rings. The number of sulfone groups is 1. The summed E-state index contributed by atoms with van der Waals surface area (Å²) in [4.78, 5) is 13.7. The van der Waals surface area contributed by atoms with Crippen LogP contribution in [0.5, 0.6) is 0 Å². The maximum atomic E-state index is 11.1. The van der Waals surface area contributed by atoms with Gasteiger partial charge in [-0.05, 0) is 6.92 Å². The molecule has 1 N–H and O–H groups in total. The highest BCUT2D eigenvalue weighted by molar-refractivity contribution is 7.90. The molecule has 1 aromatic heterocycles. The zero-order chi connectivity index (χ0) is 14.6. The van der Waals surface area contributed by atoms with Gasteiger partial charge in [-0.1, -0.05) is 0 Å². The second kappa shape index (κ2) is 5.62. The molecule has 0 bridgehead atoms. The monoisotopic (exact) mass is 284 g/mol. The van der Waals surface area contributed by atoms with Crippen LogP contribution in [0.2, 0.25) is 0 Å². The van der Waals surface area contributed by atoms with Crippen LogP contribution in [0.4, 0.5) is 11.5 Å². The third-order valence-electron chi connectivity index (χ3n) is 2.14. The number of pyridine rings is 1. The van der Waals surface area contributed by atoms with E-state index in [0.29, 0.717) is 0 Å². The molecule has 0 aliphatic carbocycles. The van der Waals surface area contributed by atoms with Crippen molar-refractivity contribution in [1.29, 1.82) is 5.26 Å². The maximum absolute atomic E-state index is 11.1. The lowest BCUT2D eigenvalue weighted by molar-refractivity contribution is -0.385. The maximum Gasteiger partial charge on any atom is 0.289 e. The standard InChI is InChI=1S/C10H12N4O4S/c1-7(6-19(2,17)18)13-10-8(4-11)3-9(5-12-10)14(15)16/h3,5,7H,6H2,1-2H3,(H,12,13). The molecule has 1 rings (SSSR count). The van der Waals surface area contributed by atoms with Crippen molar-refractivity contribution in [3.63, 3.8) is 0 Å². The average molecular weight is 284 g/mol. The minimum atomic E-state index is -3.17. The van der Waals surface area contributed by atoms with Gasteiger partial charge in [-0.15, -0.1) is 0 Å². The summed E-state index contributed by atoms with van der Waals surface area (Å²) in [6.07, 6.45) is 2.11. The number of nitrogens with one attached hydrogen (secondary N) is 1. The second-order valence-corrected chi connectivity index (χ2v) is 6.28. The highest BCUT2D eigenvalue weighted by Gasteiger charge is 2.16. The number of rotatable bonds is 5. The van der Waals surface area contributed by atoms with Gasteiger partial charge in [0, 0.05) is 18.4 Å². The summed E-state index contributed by atoms with van der Waals surface area (Å²) in [7, 11) is -3.17. The van der Waals surface area contributed by atoms with Crippen molar-refractivity contribution in [2.24, 2.45) is 0 Å². The third-order valence-corrected chi connectivity index (χ3v) is 3.25. The Morgan fingerprint density at radius 3 is 2.74 bits per heavy atom. The van der Waals surface area contributed by atoms with E-state index < -0.39 is 20.8 Å². The predicted octanol–water partition coefficient (Wildman–Crippen LogP) is 0.706. The molecule has 102 valence electrons. The Kier molecular flexibility index (Phi) is 4.39. The quantitative estimate of drug-likeness (QED) is 0.623. The molecule has 1 atom stereocenters. The first kappa shape index (κ1) is 14.8. The fourth-order valence-corrected chi connectivity index (χ4v) is 2.47. The molecule has 0 saturated carbocycles. The van der Waals surface area contributed by atoms with Gasteiger partial charge in [0.15, 0.2) is 0 Å². The van der Waals surface area contributed by atoms with E-state index in [2.05, 4.69) is 10.3 Å². The number of hydrogen-bond acceptors (Lipinski definition) is 7. The fraction of sp³-hybridized carbons (Fsp3) is 0.400. The molecule has 1 heterocycles. The van der Waals surface area contributed by atoms with E-state index >= 15 is 0 Å². The molecule has 0 aliphatic rings. The second-order valence-electron chi connectivity index (χ2n) is 4.10. The molecule has 0 amide bonds. The van der Waals surface area contributed by atoms with Gasteiger partial charge in [0.05, 0.1) is 10.7 Å². The van der Waals surface area contributed by atoms with Crippen molar-refractivity contribution in [3.05, 3.63) is 27.9 Å². The van der Waals surface area contributed by atoms with Crippen LogP contribution < -0.4 is 5.32 Å². The molecule has 8 nitrogen and oxygen atoms in total. The van der Waals surface area contributed by atoms with Gasteiger partial charge in [-0.2, -0.15) is 5.26 Å². The van der Waals surface area contributed by atoms with E-state index in [-0.39, 0.29) is 22.8 Å². The smallest absolute Gasteiger partial charge is 0.289 e. The van der Waals surface area contributed by atoms with Gasteiger partial charge < -0.3 is 5.32 Å². The Hall–Kier alpha value is -2.21. The normalized spacial score (nSPS) is 12.5. The van der Waals surface area contributed by atoms with E-state index in [1.54, 1.807) is 13.0 Å². The molecule has 1 aromatic rings. The van der Waals surface area contributed by atoms with Crippen molar-refractivity contribution in [2.45, 2.75) is 13.0 Å². The highest BCUT2D eigenvalue weighted by Crippen LogP contribution is 2.18. The topological polar surface area (TPSA) is 126 Å². The van der Waals surface area contributed by atoms with E-state index in [1.165, 1.54) is 0 Å². The summed E-state index contributed by atoms with van der Waals surface area (Å²) in [6, 6.07) is 2.40. The lowest BCUT2D eigenvalue weighted by Gasteiger charge is -2.13. The van der Waals surface area contributed by atoms with Gasteiger partial charge in [0.2, 0.25) is 0 Å². The molecule has 0 aromatic carbocycles. The number of aromatic nitrogens is 1. The van der Waals surface area contributed by atoms with Crippen molar-refractivity contribution in [1.82, 2.24) is 4.98 Å². The minimum Gasteiger partial charge on any atom is -0.365 e. The number of nitro groups is 1. The lowest BCUT2D eigenvalue weighted by Crippen LogP contribution is -2.25. The van der Waals surface area contributed by atoms with Gasteiger partial charge in [-0.3, -0.25) is 10.1 Å². The summed E-state index contributed by atoms with van der Waals surface area (Å²) < 4.78 is 22.2. The molecule has 0 spiro atoms. The summed E-state index contributed by atoms with van der Waals surface area (Å²) in [5.41, 5.74) is -0.299. The van der Waals surface area contributed by atoms with Crippen LogP contribution in [-0.2, 0) is 9.84 Å². The Labute approximate surface area is 110 Å². The number of nitriles is 1. The molecule has 1 unspecified atom stereocenters. The van der Waals surface area contributed by atoms with Crippen LogP contribution >= 0.6 is 0 Å². The summed E-state index contributed by atoms with van der Waals surface area (Å²) in [6.45, 7) is 1.62. The molecule has 0 aliphatic heterocycles. The molecule has 0 saturated heterocycles. The molecule has 9 heteroatoms. The number of hydrogen-bond donors (Lipinski definition) is 1. The SMILES string of the molecule is CC(CS(C)(=O)=O)Nc1ncc([N+](=O)[O-])cc1C#N. The predicted molar refractivity (Wildman–Crippen MR) is 68.4 cm³/mol. The third kappa shape index (κ3) is 4.51. The number of anilines is 1. The van der Waals surface area contributed by atoms with E-state index in [1.807, 2.05) is 0 Å². The van der Waals surface area contributed by atoms with Crippen molar-refractivity contribution in [2.75, 3.05) is 17.3 Å². The summed E-state index contributed by atoms with van der Waals surface area (Å²) in [5.74, 6) is 0.000499. The zero-order valence-electron chi connectivity index (χ0n) is 10.3. The first-order chi connectivity index (χ1) is 8.73. The van der Waals surface area contributed by atoms with Crippen LogP contribution in [0, 0.1) is 21.4 Å². The van der Waals surface area contributed by atoms with Gasteiger partial charge >= 0.3 is 0 Å². The van der Waals surface area contributed by atoms with Crippen molar-refractivity contribution < 1.29 is 13.3 Å². The first-order valence-electron chi connectivity index (χ1n) is 5.21. The fourth-order valence-electron chi connectivity index (χ4n) is 1.48. The van der Waals surface area contributed by atoms with Crippen LogP contribution in [0.1, 0.15) is 12.5 Å². The minimum absolute atomic E-state index is 0.00505. The molecular weight excluding hydrogens is 272 g/mol. The van der Waals surface area contributed by atoms with E-state index in [4.69, 9.17) is 5.26 Å². The zero-order valence-corrected chi connectivity index (χ0v) is 11.1. The number of nitrogens with zero attached hydrogens (tertiary/aromatic N) is 3. The van der Waals surface area contributed by atoms with Crippen LogP contribution in [0.25, 0.3) is 0 Å². The van der Waals surface area contributed by atoms with Crippen molar-refractivity contribution >= 4 is 21.3 Å². The Morgan fingerprint density at radius 2 is 2.26 bits per heavy atom. The van der Waals surface area contributed by atoms with Gasteiger partial charge in [-0.25, -0.2) is 13.4 Å². The Morgan fingerprint density at radius 1 is 1.63 bits per heavy atom. The molecular formula is C10H12N4O4S. The van der Waals surface area contributed by atoms with Crippen LogP contribution in [0.15, 0.2) is 12.3 Å². The van der Waals surface area contributed by atoms with Crippen LogP contribution in [0.3, 0.4) is 0 Å². The van der Waals surface area contributed by atoms with E-state index in [0.717, 1.165) is 18.5 Å².